The zero-order valence-electron chi connectivity index (χ0n) is 21.0. The minimum absolute atomic E-state index is 0.0159. The van der Waals surface area contributed by atoms with Gasteiger partial charge in [-0.15, -0.1) is 0 Å². The van der Waals surface area contributed by atoms with E-state index < -0.39 is 0 Å². The first-order valence-corrected chi connectivity index (χ1v) is 12.0. The number of hydrazone groups is 1. The fourth-order valence-electron chi connectivity index (χ4n) is 4.36. The molecule has 0 saturated carbocycles. The summed E-state index contributed by atoms with van der Waals surface area (Å²) in [5.74, 6) is 1.35. The predicted molar refractivity (Wildman–Crippen MR) is 141 cm³/mol. The van der Waals surface area contributed by atoms with Gasteiger partial charge in [0.05, 0.1) is 23.3 Å². The molecule has 1 aliphatic rings. The molecule has 4 rings (SSSR count). The lowest BCUT2D eigenvalue weighted by Gasteiger charge is -2.37. The van der Waals surface area contributed by atoms with Crippen molar-refractivity contribution >= 4 is 28.8 Å². The quantitative estimate of drug-likeness (QED) is 0.343. The van der Waals surface area contributed by atoms with Gasteiger partial charge in [-0.05, 0) is 38.8 Å². The summed E-state index contributed by atoms with van der Waals surface area (Å²) in [7, 11) is 1.71. The van der Waals surface area contributed by atoms with Gasteiger partial charge in [0.1, 0.15) is 17.3 Å². The van der Waals surface area contributed by atoms with E-state index in [2.05, 4.69) is 32.7 Å². The molecule has 10 heteroatoms. The Balaban J connectivity index is 1.68. The van der Waals surface area contributed by atoms with E-state index in [1.807, 2.05) is 35.2 Å². The number of aromatic nitrogens is 4. The highest BCUT2D eigenvalue weighted by Gasteiger charge is 2.30. The number of benzene rings is 1. The first kappa shape index (κ1) is 24.9. The molecular weight excluding hydrogens is 454 g/mol. The molecule has 1 aliphatic heterocycles. The van der Waals surface area contributed by atoms with Crippen LogP contribution in [0.4, 0.5) is 11.5 Å². The molecule has 1 amide bonds. The number of carbonyl (C=O) groups is 1. The fraction of sp³-hybridized carbons (Fsp3) is 0.346. The number of rotatable bonds is 7. The van der Waals surface area contributed by atoms with Gasteiger partial charge in [0.2, 0.25) is 5.91 Å². The van der Waals surface area contributed by atoms with E-state index in [1.165, 1.54) is 0 Å². The summed E-state index contributed by atoms with van der Waals surface area (Å²) in [5, 5.41) is 15.9. The van der Waals surface area contributed by atoms with Gasteiger partial charge in [0.15, 0.2) is 0 Å². The van der Waals surface area contributed by atoms with Crippen LogP contribution in [-0.2, 0) is 4.79 Å². The van der Waals surface area contributed by atoms with Gasteiger partial charge in [0, 0.05) is 62.2 Å². The first-order chi connectivity index (χ1) is 17.4. The standard InChI is InChI=1S/C26H31N9O/c1-16-8-9-20(15-35(16)18(3)36)26-32-22(23-14-29-10-11-30-23)13-24(33-26)31-21-7-5-6-19(12-21)25(27)17(2)34-28-4/h5-7,10-14,16,20,27-28H,8-9,15H2,1-4H3,(H,31,32,33)/b27-25?,34-17-/t16-,20+/m0/s1. The minimum Gasteiger partial charge on any atom is -0.340 e. The van der Waals surface area contributed by atoms with Crippen molar-refractivity contribution < 1.29 is 4.79 Å². The Hall–Kier alpha value is -4.21. The minimum atomic E-state index is 0.0159. The van der Waals surface area contributed by atoms with Crippen LogP contribution in [0.1, 0.15) is 50.9 Å². The van der Waals surface area contributed by atoms with Crippen LogP contribution in [0.3, 0.4) is 0 Å². The lowest BCUT2D eigenvalue weighted by molar-refractivity contribution is -0.132. The molecule has 0 aliphatic carbocycles. The molecule has 3 heterocycles. The maximum absolute atomic E-state index is 12.2. The summed E-state index contributed by atoms with van der Waals surface area (Å²) in [5.41, 5.74) is 6.46. The molecule has 0 bridgehead atoms. The average molecular weight is 486 g/mol. The molecule has 186 valence electrons. The number of amides is 1. The fourth-order valence-corrected chi connectivity index (χ4v) is 4.36. The van der Waals surface area contributed by atoms with E-state index in [4.69, 9.17) is 15.4 Å². The molecule has 10 nitrogen and oxygen atoms in total. The Bertz CT molecular complexity index is 1280. The smallest absolute Gasteiger partial charge is 0.219 e. The second-order valence-corrected chi connectivity index (χ2v) is 8.88. The van der Waals surface area contributed by atoms with Crippen LogP contribution in [0.2, 0.25) is 0 Å². The molecule has 3 aromatic rings. The van der Waals surface area contributed by atoms with Crippen molar-refractivity contribution in [2.75, 3.05) is 18.9 Å². The Morgan fingerprint density at radius 3 is 2.69 bits per heavy atom. The zero-order valence-corrected chi connectivity index (χ0v) is 21.0. The molecule has 2 atom stereocenters. The highest BCUT2D eigenvalue weighted by molar-refractivity contribution is 6.46. The predicted octanol–water partition coefficient (Wildman–Crippen LogP) is 3.75. The van der Waals surface area contributed by atoms with E-state index in [1.54, 1.807) is 39.5 Å². The number of piperidine rings is 1. The van der Waals surface area contributed by atoms with Crippen LogP contribution >= 0.6 is 0 Å². The van der Waals surface area contributed by atoms with Crippen molar-refractivity contribution in [3.63, 3.8) is 0 Å². The van der Waals surface area contributed by atoms with Crippen molar-refractivity contribution in [1.29, 1.82) is 5.41 Å². The average Bonchev–Trinajstić information content (AvgIpc) is 2.89. The molecular formula is C26H31N9O. The van der Waals surface area contributed by atoms with Gasteiger partial charge in [0.25, 0.3) is 0 Å². The summed E-state index contributed by atoms with van der Waals surface area (Å²) in [6, 6.07) is 9.61. The van der Waals surface area contributed by atoms with Crippen LogP contribution in [0, 0.1) is 5.41 Å². The maximum Gasteiger partial charge on any atom is 0.219 e. The highest BCUT2D eigenvalue weighted by Crippen LogP contribution is 2.31. The van der Waals surface area contributed by atoms with Gasteiger partial charge in [-0.3, -0.25) is 20.2 Å². The molecule has 0 spiro atoms. The molecule has 0 unspecified atom stereocenters. The number of nitrogens with one attached hydrogen (secondary N) is 3. The highest BCUT2D eigenvalue weighted by atomic mass is 16.2. The van der Waals surface area contributed by atoms with Gasteiger partial charge in [-0.1, -0.05) is 12.1 Å². The van der Waals surface area contributed by atoms with Crippen molar-refractivity contribution in [1.82, 2.24) is 30.3 Å². The van der Waals surface area contributed by atoms with E-state index in [-0.39, 0.29) is 17.9 Å². The largest absolute Gasteiger partial charge is 0.340 e. The molecule has 3 N–H and O–H groups in total. The van der Waals surface area contributed by atoms with Crippen LogP contribution < -0.4 is 10.7 Å². The van der Waals surface area contributed by atoms with Gasteiger partial charge >= 0.3 is 0 Å². The molecule has 1 fully saturated rings. The van der Waals surface area contributed by atoms with Crippen LogP contribution in [0.5, 0.6) is 0 Å². The van der Waals surface area contributed by atoms with E-state index in [0.717, 1.165) is 24.1 Å². The maximum atomic E-state index is 12.2. The lowest BCUT2D eigenvalue weighted by atomic mass is 9.92. The number of anilines is 2. The second-order valence-electron chi connectivity index (χ2n) is 8.88. The topological polar surface area (TPSA) is 132 Å². The number of hydrogen-bond acceptors (Lipinski definition) is 9. The van der Waals surface area contributed by atoms with Crippen LogP contribution in [0.25, 0.3) is 11.4 Å². The third-order valence-corrected chi connectivity index (χ3v) is 6.29. The van der Waals surface area contributed by atoms with Gasteiger partial charge in [-0.25, -0.2) is 9.97 Å². The Kier molecular flexibility index (Phi) is 7.62. The molecule has 2 aromatic heterocycles. The molecule has 1 saturated heterocycles. The van der Waals surface area contributed by atoms with Crippen molar-refractivity contribution in [3.05, 3.63) is 60.3 Å². The normalized spacial score (nSPS) is 18.0. The van der Waals surface area contributed by atoms with Crippen LogP contribution in [0.15, 0.2) is 54.0 Å². The summed E-state index contributed by atoms with van der Waals surface area (Å²) < 4.78 is 0. The summed E-state index contributed by atoms with van der Waals surface area (Å²) in [6.07, 6.45) is 6.72. The van der Waals surface area contributed by atoms with Crippen molar-refractivity contribution in [2.45, 2.75) is 45.6 Å². The van der Waals surface area contributed by atoms with Gasteiger partial charge in [-0.2, -0.15) is 5.10 Å². The van der Waals surface area contributed by atoms with E-state index >= 15 is 0 Å². The van der Waals surface area contributed by atoms with Gasteiger partial charge < -0.3 is 15.6 Å². The number of hydrogen-bond donors (Lipinski definition) is 3. The lowest BCUT2D eigenvalue weighted by Crippen LogP contribution is -2.44. The number of nitrogens with zero attached hydrogens (tertiary/aromatic N) is 6. The van der Waals surface area contributed by atoms with E-state index in [0.29, 0.717) is 41.0 Å². The van der Waals surface area contributed by atoms with Crippen LogP contribution in [-0.4, -0.2) is 61.8 Å². The Morgan fingerprint density at radius 1 is 1.14 bits per heavy atom. The second kappa shape index (κ2) is 11.0. The van der Waals surface area contributed by atoms with E-state index in [9.17, 15) is 4.79 Å². The number of carbonyl (C=O) groups excluding carboxylic acids is 1. The Labute approximate surface area is 210 Å². The SMILES string of the molecule is CN/N=C(/C)C(=N)c1cccc(Nc2cc(-c3cnccn3)nc([C@@H]3CC[C@H](C)N(C(C)=O)C3)n2)c1. The third-order valence-electron chi connectivity index (χ3n) is 6.29. The summed E-state index contributed by atoms with van der Waals surface area (Å²) in [4.78, 5) is 32.4. The zero-order chi connectivity index (χ0) is 25.7. The molecule has 1 aromatic carbocycles. The molecule has 36 heavy (non-hydrogen) atoms. The third kappa shape index (κ3) is 5.70. The van der Waals surface area contributed by atoms with Crippen molar-refractivity contribution in [3.8, 4) is 11.4 Å². The summed E-state index contributed by atoms with van der Waals surface area (Å²) in [6.45, 7) is 6.06. The number of likely N-dealkylation sites (tertiary alicyclic amines) is 1. The Morgan fingerprint density at radius 2 is 1.97 bits per heavy atom. The monoisotopic (exact) mass is 485 g/mol. The molecule has 0 radical (unpaired) electrons. The first-order valence-electron chi connectivity index (χ1n) is 12.0. The van der Waals surface area contributed by atoms with Crippen molar-refractivity contribution in [2.24, 2.45) is 5.10 Å². The summed E-state index contributed by atoms with van der Waals surface area (Å²) >= 11 is 0.